The summed E-state index contributed by atoms with van der Waals surface area (Å²) in [5.74, 6) is -1.08. The average molecular weight is 957 g/mol. The monoisotopic (exact) mass is 956 g/mol. The summed E-state index contributed by atoms with van der Waals surface area (Å²) >= 11 is 0. The van der Waals surface area contributed by atoms with Gasteiger partial charge in [0, 0.05) is 27.6 Å². The zero-order chi connectivity index (χ0) is 49.9. The Morgan fingerprint density at radius 2 is 1.27 bits per heavy atom. The molecule has 0 saturated heterocycles. The Morgan fingerprint density at radius 1 is 0.648 bits per heavy atom. The SMILES string of the molecule is Cc1cccc(NC(=O)NC(=O)c2ccc3c(N=Nc4ccc(C=CC(=O)c5ccc(N=Nc6c(O)ccc7cc(CO/N=C\ONc8cccc(C(F)(F)F)c8)ccc67)cc5)cc4)c(O)ccc3c2)c1. The van der Waals surface area contributed by atoms with Gasteiger partial charge in [0.15, 0.2) is 5.78 Å². The van der Waals surface area contributed by atoms with E-state index in [-0.39, 0.29) is 46.5 Å². The Morgan fingerprint density at radius 3 is 1.94 bits per heavy atom. The van der Waals surface area contributed by atoms with Crippen LogP contribution in [0.15, 0.2) is 189 Å². The molecule has 354 valence electrons. The van der Waals surface area contributed by atoms with Gasteiger partial charge in [0.25, 0.3) is 5.91 Å². The molecule has 0 atom stereocenters. The number of ketones is 1. The standard InChI is InChI=1S/C53H39F3N8O7/c1-32-4-2-6-42(26-32)58-52(69)59-51(68)38-14-22-45-37(28-38)16-25-48(67)50(45)63-60-40-17-8-33(9-18-40)11-23-46(65)35-12-19-41(20-13-35)61-62-49-44-21-10-34(27-36(44)15-24-47(49)66)30-70-57-31-71-64-43-7-3-5-39(29-43)53(54,55)56/h2-29,31,64,66-67H,30H2,1H3,(H2,58,59,68,69)/b23-11?,57-31-,62-61?,63-60?. The molecule has 0 aliphatic rings. The second kappa shape index (κ2) is 21.5. The Labute approximate surface area is 402 Å². The fraction of sp³-hybridized carbons (Fsp3) is 0.0566. The van der Waals surface area contributed by atoms with Crippen LogP contribution < -0.4 is 16.1 Å². The summed E-state index contributed by atoms with van der Waals surface area (Å²) in [5, 5.41) is 49.5. The number of anilines is 2. The van der Waals surface area contributed by atoms with E-state index < -0.39 is 23.7 Å². The van der Waals surface area contributed by atoms with E-state index in [4.69, 9.17) is 9.68 Å². The second-order valence-corrected chi connectivity index (χ2v) is 15.7. The fourth-order valence-electron chi connectivity index (χ4n) is 7.00. The van der Waals surface area contributed by atoms with E-state index >= 15 is 0 Å². The molecule has 0 radical (unpaired) electrons. The number of oxime groups is 1. The molecular weight excluding hydrogens is 918 g/mol. The van der Waals surface area contributed by atoms with Crippen molar-refractivity contribution < 1.29 is 47.4 Å². The molecule has 15 nitrogen and oxygen atoms in total. The molecular formula is C53H39F3N8O7. The molecule has 0 fully saturated rings. The number of nitrogens with zero attached hydrogens (tertiary/aromatic N) is 5. The van der Waals surface area contributed by atoms with Gasteiger partial charge >= 0.3 is 12.2 Å². The van der Waals surface area contributed by atoms with Crippen molar-refractivity contribution in [3.05, 3.63) is 197 Å². The van der Waals surface area contributed by atoms with Crippen LogP contribution in [0, 0.1) is 6.92 Å². The maximum absolute atomic E-state index is 13.1. The Kier molecular flexibility index (Phi) is 14.5. The number of imide groups is 1. The number of amides is 3. The van der Waals surface area contributed by atoms with E-state index in [0.717, 1.165) is 35.0 Å². The lowest BCUT2D eigenvalue weighted by Gasteiger charge is -2.09. The molecule has 8 aromatic carbocycles. The first-order valence-corrected chi connectivity index (χ1v) is 21.4. The number of carbonyl (C=O) groups excluding carboxylic acids is 3. The first-order chi connectivity index (χ1) is 34.2. The number of halogens is 3. The van der Waals surface area contributed by atoms with Crippen LogP contribution in [0.4, 0.5) is 52.1 Å². The highest BCUT2D eigenvalue weighted by atomic mass is 19.4. The third kappa shape index (κ3) is 12.4. The average Bonchev–Trinajstić information content (AvgIpc) is 3.36. The molecule has 5 N–H and O–H groups in total. The molecule has 3 amide bonds. The van der Waals surface area contributed by atoms with Crippen LogP contribution in [0.1, 0.15) is 43.0 Å². The zero-order valence-electron chi connectivity index (χ0n) is 37.3. The van der Waals surface area contributed by atoms with Gasteiger partial charge in [-0.3, -0.25) is 14.9 Å². The second-order valence-electron chi connectivity index (χ2n) is 15.7. The van der Waals surface area contributed by atoms with Crippen LogP contribution in [-0.2, 0) is 22.5 Å². The molecule has 0 aliphatic heterocycles. The van der Waals surface area contributed by atoms with Crippen molar-refractivity contribution in [3.8, 4) is 11.5 Å². The van der Waals surface area contributed by atoms with Crippen LogP contribution in [0.25, 0.3) is 27.6 Å². The molecule has 0 bridgehead atoms. The lowest BCUT2D eigenvalue weighted by Crippen LogP contribution is -2.34. The molecule has 0 heterocycles. The number of aromatic hydroxyl groups is 2. The third-order valence-electron chi connectivity index (χ3n) is 10.5. The number of benzene rings is 8. The van der Waals surface area contributed by atoms with E-state index in [0.29, 0.717) is 44.3 Å². The molecule has 0 aliphatic carbocycles. The van der Waals surface area contributed by atoms with Gasteiger partial charge in [-0.15, -0.1) is 10.2 Å². The highest BCUT2D eigenvalue weighted by molar-refractivity contribution is 6.10. The third-order valence-corrected chi connectivity index (χ3v) is 10.5. The molecule has 0 saturated carbocycles. The minimum Gasteiger partial charge on any atom is -0.506 e. The highest BCUT2D eigenvalue weighted by Crippen LogP contribution is 2.38. The van der Waals surface area contributed by atoms with Gasteiger partial charge in [-0.05, 0) is 138 Å². The van der Waals surface area contributed by atoms with E-state index in [1.54, 1.807) is 115 Å². The minimum atomic E-state index is -4.49. The molecule has 8 aromatic rings. The van der Waals surface area contributed by atoms with Crippen LogP contribution >= 0.6 is 0 Å². The van der Waals surface area contributed by atoms with Gasteiger partial charge in [-0.2, -0.15) is 23.4 Å². The summed E-state index contributed by atoms with van der Waals surface area (Å²) in [6.45, 7) is 1.92. The number of carbonyl (C=O) groups is 3. The Hall–Kier alpha value is -9.71. The number of allylic oxidation sites excluding steroid dienone is 1. The van der Waals surface area contributed by atoms with Crippen molar-refractivity contribution in [1.82, 2.24) is 5.32 Å². The molecule has 0 spiro atoms. The lowest BCUT2D eigenvalue weighted by atomic mass is 10.0. The van der Waals surface area contributed by atoms with Crippen molar-refractivity contribution in [2.24, 2.45) is 25.6 Å². The summed E-state index contributed by atoms with van der Waals surface area (Å²) in [6, 6.07) is 40.6. The number of azo groups is 2. The predicted octanol–water partition coefficient (Wildman–Crippen LogP) is 13.9. The van der Waals surface area contributed by atoms with Gasteiger partial charge in [0.2, 0.25) is 6.40 Å². The number of hydrogen-bond donors (Lipinski definition) is 5. The summed E-state index contributed by atoms with van der Waals surface area (Å²) in [5.41, 5.74) is 6.48. The van der Waals surface area contributed by atoms with Crippen LogP contribution in [0.2, 0.25) is 0 Å². The van der Waals surface area contributed by atoms with Gasteiger partial charge in [0.1, 0.15) is 29.5 Å². The van der Waals surface area contributed by atoms with Crippen molar-refractivity contribution >= 4 is 85.9 Å². The fourth-order valence-corrected chi connectivity index (χ4v) is 7.00. The van der Waals surface area contributed by atoms with Crippen molar-refractivity contribution in [1.29, 1.82) is 0 Å². The molecule has 71 heavy (non-hydrogen) atoms. The van der Waals surface area contributed by atoms with Crippen LogP contribution in [0.3, 0.4) is 0 Å². The van der Waals surface area contributed by atoms with Gasteiger partial charge in [-0.25, -0.2) is 10.3 Å². The number of alkyl halides is 3. The van der Waals surface area contributed by atoms with E-state index in [9.17, 15) is 37.8 Å². The number of aryl methyl sites for hydroxylation is 1. The maximum atomic E-state index is 13.1. The van der Waals surface area contributed by atoms with Crippen molar-refractivity contribution in [2.75, 3.05) is 10.8 Å². The minimum absolute atomic E-state index is 0.0339. The van der Waals surface area contributed by atoms with Gasteiger partial charge in [-0.1, -0.05) is 71.9 Å². The molecule has 0 unspecified atom stereocenters. The van der Waals surface area contributed by atoms with Crippen LogP contribution in [-0.4, -0.2) is 34.3 Å². The summed E-state index contributed by atoms with van der Waals surface area (Å²) in [4.78, 5) is 48.6. The largest absolute Gasteiger partial charge is 0.506 e. The number of hydrogen-bond acceptors (Lipinski definition) is 13. The Balaban J connectivity index is 0.831. The molecule has 18 heteroatoms. The number of fused-ring (bicyclic) bond motifs is 2. The number of phenolic OH excluding ortho intramolecular Hbond substituents is 2. The maximum Gasteiger partial charge on any atom is 0.416 e. The summed E-state index contributed by atoms with van der Waals surface area (Å²) < 4.78 is 38.8. The number of rotatable bonds is 15. The molecule has 0 aromatic heterocycles. The quantitative estimate of drug-likeness (QED) is 0.0166. The van der Waals surface area contributed by atoms with Gasteiger partial charge < -0.3 is 25.2 Å². The topological polar surface area (TPSA) is 208 Å². The summed E-state index contributed by atoms with van der Waals surface area (Å²) in [6.07, 6.45) is -0.502. The normalized spacial score (nSPS) is 11.8. The van der Waals surface area contributed by atoms with Crippen molar-refractivity contribution in [2.45, 2.75) is 19.7 Å². The van der Waals surface area contributed by atoms with E-state index in [2.05, 4.69) is 41.7 Å². The van der Waals surface area contributed by atoms with Gasteiger partial charge in [0.05, 0.1) is 22.6 Å². The van der Waals surface area contributed by atoms with Crippen LogP contribution in [0.5, 0.6) is 11.5 Å². The predicted molar refractivity (Wildman–Crippen MR) is 263 cm³/mol. The number of phenols is 2. The lowest BCUT2D eigenvalue weighted by molar-refractivity contribution is -0.137. The number of nitrogens with one attached hydrogen (secondary N) is 3. The van der Waals surface area contributed by atoms with E-state index in [1.807, 2.05) is 13.0 Å². The Bertz CT molecular complexity index is 3410. The first-order valence-electron chi connectivity index (χ1n) is 21.4. The smallest absolute Gasteiger partial charge is 0.416 e. The number of urea groups is 1. The highest BCUT2D eigenvalue weighted by Gasteiger charge is 2.30. The van der Waals surface area contributed by atoms with E-state index in [1.165, 1.54) is 36.4 Å². The van der Waals surface area contributed by atoms with Crippen molar-refractivity contribution in [3.63, 3.8) is 0 Å². The molecule has 8 rings (SSSR count). The first kappa shape index (κ1) is 47.8. The summed E-state index contributed by atoms with van der Waals surface area (Å²) in [7, 11) is 0. The zero-order valence-corrected chi connectivity index (χ0v) is 37.3.